The van der Waals surface area contributed by atoms with Crippen molar-refractivity contribution in [2.75, 3.05) is 5.32 Å². The highest BCUT2D eigenvalue weighted by Crippen LogP contribution is 2.29. The van der Waals surface area contributed by atoms with E-state index >= 15 is 0 Å². The molecule has 0 aliphatic rings. The molecule has 6 heteroatoms. The van der Waals surface area contributed by atoms with Crippen molar-refractivity contribution < 1.29 is 4.39 Å². The van der Waals surface area contributed by atoms with Crippen molar-refractivity contribution in [1.29, 1.82) is 0 Å². The molecule has 0 aliphatic heterocycles. The van der Waals surface area contributed by atoms with Gasteiger partial charge in [0.2, 0.25) is 0 Å². The van der Waals surface area contributed by atoms with Gasteiger partial charge in [0.1, 0.15) is 11.6 Å². The van der Waals surface area contributed by atoms with Gasteiger partial charge in [-0.1, -0.05) is 13.3 Å². The van der Waals surface area contributed by atoms with E-state index in [1.165, 1.54) is 28.8 Å². The van der Waals surface area contributed by atoms with Crippen LogP contribution in [0.3, 0.4) is 0 Å². The van der Waals surface area contributed by atoms with Gasteiger partial charge in [0.15, 0.2) is 0 Å². The molecule has 3 heterocycles. The maximum absolute atomic E-state index is 13.5. The number of imidazole rings is 1. The number of halogens is 1. The van der Waals surface area contributed by atoms with Gasteiger partial charge in [-0.3, -0.25) is 9.97 Å². The van der Waals surface area contributed by atoms with E-state index in [1.54, 1.807) is 12.5 Å². The first-order chi connectivity index (χ1) is 17.5. The fraction of sp³-hybridized carbons (Fsp3) is 0.233. The van der Waals surface area contributed by atoms with Gasteiger partial charge in [-0.05, 0) is 104 Å². The molecule has 0 saturated carbocycles. The van der Waals surface area contributed by atoms with Crippen LogP contribution < -0.4 is 5.32 Å². The van der Waals surface area contributed by atoms with E-state index < -0.39 is 0 Å². The highest BCUT2D eigenvalue weighted by Gasteiger charge is 2.13. The topological polar surface area (TPSA) is 66.5 Å². The van der Waals surface area contributed by atoms with E-state index in [0.29, 0.717) is 0 Å². The molecule has 0 bridgehead atoms. The van der Waals surface area contributed by atoms with Gasteiger partial charge in [0.05, 0.1) is 29.4 Å². The molecular formula is C30H30FN5. The zero-order chi connectivity index (χ0) is 25.1. The van der Waals surface area contributed by atoms with Crippen molar-refractivity contribution in [3.8, 4) is 11.3 Å². The lowest BCUT2D eigenvalue weighted by molar-refractivity contribution is 0.628. The molecule has 0 fully saturated rings. The third-order valence-electron chi connectivity index (χ3n) is 6.49. The second-order valence-corrected chi connectivity index (χ2v) is 9.32. The van der Waals surface area contributed by atoms with Gasteiger partial charge < -0.3 is 10.3 Å². The molecule has 0 amide bonds. The smallest absolute Gasteiger partial charge is 0.127 e. The first kappa shape index (κ1) is 23.7. The molecule has 0 radical (unpaired) electrons. The first-order valence-electron chi connectivity index (χ1n) is 12.4. The van der Waals surface area contributed by atoms with Crippen LogP contribution in [0.5, 0.6) is 0 Å². The number of H-pyrrole nitrogens is 1. The summed E-state index contributed by atoms with van der Waals surface area (Å²) >= 11 is 0. The van der Waals surface area contributed by atoms with E-state index in [4.69, 9.17) is 4.98 Å². The molecule has 3 aromatic heterocycles. The van der Waals surface area contributed by atoms with Crippen molar-refractivity contribution in [3.05, 3.63) is 101 Å². The Hall–Kier alpha value is -4.06. The Morgan fingerprint density at radius 3 is 2.53 bits per heavy atom. The van der Waals surface area contributed by atoms with Crippen LogP contribution in [0.2, 0.25) is 0 Å². The van der Waals surface area contributed by atoms with Crippen molar-refractivity contribution >= 4 is 22.4 Å². The molecule has 0 atom stereocenters. The molecule has 2 aromatic carbocycles. The zero-order valence-electron chi connectivity index (χ0n) is 20.9. The zero-order valence-corrected chi connectivity index (χ0v) is 20.9. The molecule has 2 N–H and O–H groups in total. The van der Waals surface area contributed by atoms with E-state index in [2.05, 4.69) is 65.3 Å². The van der Waals surface area contributed by atoms with Crippen LogP contribution in [0.1, 0.15) is 41.3 Å². The highest BCUT2D eigenvalue weighted by atomic mass is 19.1. The molecule has 5 rings (SSSR count). The Morgan fingerprint density at radius 1 is 0.944 bits per heavy atom. The number of nitrogens with zero attached hydrogens (tertiary/aromatic N) is 3. The SMILES string of the molecule is CCCc1cc(CCc2cc(Nc3cnc[nH]3)c3ncc(C)cc3c2)nc(-c2ccc(F)cc2)c1C. The fourth-order valence-electron chi connectivity index (χ4n) is 4.67. The van der Waals surface area contributed by atoms with Gasteiger partial charge in [-0.25, -0.2) is 9.37 Å². The predicted octanol–water partition coefficient (Wildman–Crippen LogP) is 7.26. The lowest BCUT2D eigenvalue weighted by Crippen LogP contribution is -2.03. The van der Waals surface area contributed by atoms with Crippen LogP contribution >= 0.6 is 0 Å². The third kappa shape index (κ3) is 5.13. The van der Waals surface area contributed by atoms with E-state index in [9.17, 15) is 4.39 Å². The first-order valence-corrected chi connectivity index (χ1v) is 12.4. The van der Waals surface area contributed by atoms with Crippen LogP contribution in [0.4, 0.5) is 15.9 Å². The molecule has 0 aliphatic carbocycles. The van der Waals surface area contributed by atoms with Crippen LogP contribution in [-0.4, -0.2) is 19.9 Å². The maximum Gasteiger partial charge on any atom is 0.127 e. The predicted molar refractivity (Wildman–Crippen MR) is 144 cm³/mol. The van der Waals surface area contributed by atoms with Crippen LogP contribution in [0, 0.1) is 19.7 Å². The van der Waals surface area contributed by atoms with Gasteiger partial charge >= 0.3 is 0 Å². The van der Waals surface area contributed by atoms with E-state index in [1.807, 2.05) is 18.3 Å². The van der Waals surface area contributed by atoms with Crippen LogP contribution in [-0.2, 0) is 19.3 Å². The molecule has 0 saturated heterocycles. The Kier molecular flexibility index (Phi) is 6.76. The minimum atomic E-state index is -0.234. The van der Waals surface area contributed by atoms with E-state index in [-0.39, 0.29) is 5.82 Å². The molecule has 0 spiro atoms. The van der Waals surface area contributed by atoms with Crippen molar-refractivity contribution in [2.45, 2.75) is 46.5 Å². The summed E-state index contributed by atoms with van der Waals surface area (Å²) in [7, 11) is 0. The number of anilines is 2. The lowest BCUT2D eigenvalue weighted by atomic mass is 9.96. The summed E-state index contributed by atoms with van der Waals surface area (Å²) in [6.07, 6.45) is 9.01. The largest absolute Gasteiger partial charge is 0.339 e. The van der Waals surface area contributed by atoms with Crippen molar-refractivity contribution in [3.63, 3.8) is 0 Å². The minimum Gasteiger partial charge on any atom is -0.339 e. The lowest BCUT2D eigenvalue weighted by Gasteiger charge is -2.15. The van der Waals surface area contributed by atoms with Gasteiger partial charge in [0, 0.05) is 22.8 Å². The Balaban J connectivity index is 1.48. The van der Waals surface area contributed by atoms with Crippen molar-refractivity contribution in [1.82, 2.24) is 19.9 Å². The number of rotatable bonds is 8. The summed E-state index contributed by atoms with van der Waals surface area (Å²) in [6, 6.07) is 15.4. The summed E-state index contributed by atoms with van der Waals surface area (Å²) in [5.41, 5.74) is 9.63. The quantitative estimate of drug-likeness (QED) is 0.246. The van der Waals surface area contributed by atoms with Crippen molar-refractivity contribution in [2.24, 2.45) is 0 Å². The molecule has 182 valence electrons. The normalized spacial score (nSPS) is 11.2. The standard InChI is InChI=1S/C30H30FN5/c1-4-5-23-15-26(35-29(20(23)3)22-7-9-25(31)10-8-22)11-6-21-13-24-12-19(2)16-33-30(24)27(14-21)36-28-17-32-18-34-28/h7-10,12-18,36H,4-6,11H2,1-3H3,(H,32,34). The Bertz CT molecular complexity index is 1490. The number of fused-ring (bicyclic) bond motifs is 1. The Morgan fingerprint density at radius 2 is 1.78 bits per heavy atom. The number of benzene rings is 2. The molecule has 0 unspecified atom stereocenters. The Labute approximate surface area is 210 Å². The summed E-state index contributed by atoms with van der Waals surface area (Å²) < 4.78 is 13.5. The fourth-order valence-corrected chi connectivity index (χ4v) is 4.67. The number of aromatic amines is 1. The highest BCUT2D eigenvalue weighted by molar-refractivity contribution is 5.92. The molecule has 5 aromatic rings. The molecule has 5 nitrogen and oxygen atoms in total. The monoisotopic (exact) mass is 479 g/mol. The van der Waals surface area contributed by atoms with Gasteiger partial charge in [0.25, 0.3) is 0 Å². The third-order valence-corrected chi connectivity index (χ3v) is 6.49. The number of aryl methyl sites for hydroxylation is 4. The van der Waals surface area contributed by atoms with Gasteiger partial charge in [-0.15, -0.1) is 0 Å². The van der Waals surface area contributed by atoms with Crippen LogP contribution in [0.25, 0.3) is 22.2 Å². The summed E-state index contributed by atoms with van der Waals surface area (Å²) in [4.78, 5) is 16.9. The number of nitrogens with one attached hydrogen (secondary N) is 2. The second-order valence-electron chi connectivity index (χ2n) is 9.32. The average molecular weight is 480 g/mol. The molecular weight excluding hydrogens is 449 g/mol. The van der Waals surface area contributed by atoms with Gasteiger partial charge in [-0.2, -0.15) is 0 Å². The summed E-state index contributed by atoms with van der Waals surface area (Å²) in [6.45, 7) is 6.37. The minimum absolute atomic E-state index is 0.234. The number of hydrogen-bond acceptors (Lipinski definition) is 4. The average Bonchev–Trinajstić information content (AvgIpc) is 3.38. The molecule has 36 heavy (non-hydrogen) atoms. The summed E-state index contributed by atoms with van der Waals surface area (Å²) in [5.74, 6) is 0.589. The maximum atomic E-state index is 13.5. The number of pyridine rings is 2. The van der Waals surface area contributed by atoms with Crippen LogP contribution in [0.15, 0.2) is 67.3 Å². The number of hydrogen-bond donors (Lipinski definition) is 2. The second kappa shape index (κ2) is 10.3. The summed E-state index contributed by atoms with van der Waals surface area (Å²) in [5, 5.41) is 4.53. The number of aromatic nitrogens is 4. The van der Waals surface area contributed by atoms with E-state index in [0.717, 1.165) is 70.6 Å².